The third kappa shape index (κ3) is 5.72. The number of hydrogen-bond acceptors (Lipinski definition) is 7. The number of amidine groups is 1. The quantitative estimate of drug-likeness (QED) is 0.429. The van der Waals surface area contributed by atoms with E-state index in [-0.39, 0.29) is 29.1 Å². The number of nitrogens with zero attached hydrogens (tertiary/aromatic N) is 3. The van der Waals surface area contributed by atoms with Crippen LogP contribution in [-0.2, 0) is 9.59 Å². The summed E-state index contributed by atoms with van der Waals surface area (Å²) in [5.41, 5.74) is 2.20. The Morgan fingerprint density at radius 1 is 1.31 bits per heavy atom. The fraction of sp³-hybridized carbons (Fsp3) is 0.158. The van der Waals surface area contributed by atoms with E-state index in [1.807, 2.05) is 19.1 Å². The molecular weight excluding hydrogens is 394 g/mol. The maximum Gasteiger partial charge on any atom is 0.270 e. The van der Waals surface area contributed by atoms with Crippen LogP contribution in [0.25, 0.3) is 0 Å². The Kier molecular flexibility index (Phi) is 6.35. The third-order valence-corrected chi connectivity index (χ3v) is 4.99. The summed E-state index contributed by atoms with van der Waals surface area (Å²) in [5.74, 6) is -0.596. The molecule has 29 heavy (non-hydrogen) atoms. The number of rotatable bonds is 6. The molecule has 0 saturated carbocycles. The first kappa shape index (κ1) is 20.2. The van der Waals surface area contributed by atoms with Crippen LogP contribution in [-0.4, -0.2) is 33.4 Å². The molecule has 1 aliphatic heterocycles. The van der Waals surface area contributed by atoms with Crippen LogP contribution in [0, 0.1) is 17.0 Å². The van der Waals surface area contributed by atoms with E-state index in [1.54, 1.807) is 24.3 Å². The van der Waals surface area contributed by atoms with Crippen molar-refractivity contribution >= 4 is 46.3 Å². The number of carbonyl (C=O) groups excluding carboxylic acids is 2. The minimum atomic E-state index is -0.604. The molecule has 0 aliphatic carbocycles. The molecule has 2 N–H and O–H groups in total. The van der Waals surface area contributed by atoms with Gasteiger partial charge in [0.05, 0.1) is 11.1 Å². The van der Waals surface area contributed by atoms with Gasteiger partial charge < -0.3 is 10.6 Å². The molecule has 1 aliphatic rings. The van der Waals surface area contributed by atoms with E-state index < -0.39 is 10.2 Å². The molecule has 1 unspecified atom stereocenters. The van der Waals surface area contributed by atoms with Gasteiger partial charge in [0.1, 0.15) is 5.25 Å². The number of amides is 2. The summed E-state index contributed by atoms with van der Waals surface area (Å²) >= 11 is 1.11. The molecule has 1 atom stereocenters. The molecule has 0 spiro atoms. The zero-order valence-corrected chi connectivity index (χ0v) is 16.2. The second-order valence-corrected chi connectivity index (χ2v) is 7.41. The molecule has 1 saturated heterocycles. The predicted molar refractivity (Wildman–Crippen MR) is 112 cm³/mol. The molecule has 2 aromatic carbocycles. The van der Waals surface area contributed by atoms with E-state index in [0.29, 0.717) is 11.3 Å². The summed E-state index contributed by atoms with van der Waals surface area (Å²) in [6.07, 6.45) is 1.35. The summed E-state index contributed by atoms with van der Waals surface area (Å²) in [4.78, 5) is 34.5. The van der Waals surface area contributed by atoms with Crippen molar-refractivity contribution < 1.29 is 14.5 Å². The van der Waals surface area contributed by atoms with Crippen molar-refractivity contribution in [2.75, 3.05) is 5.32 Å². The van der Waals surface area contributed by atoms with Gasteiger partial charge in [-0.15, -0.1) is 5.10 Å². The van der Waals surface area contributed by atoms with Gasteiger partial charge in [-0.25, -0.2) is 0 Å². The Balaban J connectivity index is 1.56. The van der Waals surface area contributed by atoms with Crippen molar-refractivity contribution in [2.24, 2.45) is 10.2 Å². The average Bonchev–Trinajstić information content (AvgIpc) is 3.03. The maximum atomic E-state index is 12.2. The summed E-state index contributed by atoms with van der Waals surface area (Å²) in [5, 5.41) is 23.5. The van der Waals surface area contributed by atoms with E-state index in [9.17, 15) is 19.7 Å². The largest absolute Gasteiger partial charge is 0.326 e. The Hall–Kier alpha value is -3.53. The zero-order valence-electron chi connectivity index (χ0n) is 15.4. The van der Waals surface area contributed by atoms with Crippen molar-refractivity contribution in [2.45, 2.75) is 18.6 Å². The van der Waals surface area contributed by atoms with Crippen LogP contribution in [0.5, 0.6) is 0 Å². The van der Waals surface area contributed by atoms with Crippen molar-refractivity contribution in [1.29, 1.82) is 0 Å². The van der Waals surface area contributed by atoms with E-state index in [2.05, 4.69) is 20.8 Å². The van der Waals surface area contributed by atoms with E-state index >= 15 is 0 Å². The van der Waals surface area contributed by atoms with Gasteiger partial charge in [0.25, 0.3) is 5.69 Å². The van der Waals surface area contributed by atoms with E-state index in [0.717, 1.165) is 17.3 Å². The number of carbonyl (C=O) groups is 2. The lowest BCUT2D eigenvalue weighted by Gasteiger charge is -2.07. The van der Waals surface area contributed by atoms with Crippen molar-refractivity contribution in [1.82, 2.24) is 5.32 Å². The van der Waals surface area contributed by atoms with Gasteiger partial charge in [0.15, 0.2) is 5.17 Å². The molecular formula is C19H17N5O4S. The molecule has 10 heteroatoms. The number of hydrogen-bond donors (Lipinski definition) is 2. The summed E-state index contributed by atoms with van der Waals surface area (Å²) in [6, 6.07) is 13.3. The topological polar surface area (TPSA) is 126 Å². The van der Waals surface area contributed by atoms with Crippen LogP contribution in [0.2, 0.25) is 0 Å². The molecule has 0 radical (unpaired) electrons. The average molecular weight is 411 g/mol. The monoisotopic (exact) mass is 411 g/mol. The molecule has 3 rings (SSSR count). The van der Waals surface area contributed by atoms with Gasteiger partial charge in [-0.3, -0.25) is 19.7 Å². The first-order valence-corrected chi connectivity index (χ1v) is 9.48. The second kappa shape index (κ2) is 9.11. The highest BCUT2D eigenvalue weighted by Crippen LogP contribution is 2.23. The van der Waals surface area contributed by atoms with Gasteiger partial charge in [-0.05, 0) is 19.1 Å². The van der Waals surface area contributed by atoms with E-state index in [1.165, 1.54) is 18.3 Å². The minimum Gasteiger partial charge on any atom is -0.326 e. The molecule has 148 valence electrons. The van der Waals surface area contributed by atoms with Crippen molar-refractivity contribution in [3.8, 4) is 0 Å². The standard InChI is InChI=1S/C19H17N5O4S/c1-12-5-7-14(8-6-12)21-17(25)10-16-18(26)22-19(29-16)23-20-11-13-3-2-4-15(9-13)24(27)28/h2-9,11,16H,10H2,1H3,(H,21,25)(H,22,23,26)/b20-11+. The lowest BCUT2D eigenvalue weighted by Crippen LogP contribution is -2.28. The van der Waals surface area contributed by atoms with Gasteiger partial charge in [0, 0.05) is 29.8 Å². The SMILES string of the molecule is Cc1ccc(NC(=O)CC2S/C(=N/N=C/c3cccc([N+](=O)[O-])c3)NC2=O)cc1. The van der Waals surface area contributed by atoms with Crippen LogP contribution in [0.15, 0.2) is 58.7 Å². The Bertz CT molecular complexity index is 1000. The molecule has 1 fully saturated rings. The normalized spacial score (nSPS) is 17.5. The van der Waals surface area contributed by atoms with Gasteiger partial charge in [0.2, 0.25) is 11.8 Å². The molecule has 0 bridgehead atoms. The van der Waals surface area contributed by atoms with Gasteiger partial charge in [-0.1, -0.05) is 41.6 Å². The fourth-order valence-corrected chi connectivity index (χ4v) is 3.39. The third-order valence-electron chi connectivity index (χ3n) is 3.92. The van der Waals surface area contributed by atoms with Gasteiger partial charge in [-0.2, -0.15) is 5.10 Å². The number of anilines is 1. The smallest absolute Gasteiger partial charge is 0.270 e. The highest BCUT2D eigenvalue weighted by atomic mass is 32.2. The lowest BCUT2D eigenvalue weighted by atomic mass is 10.2. The molecule has 9 nitrogen and oxygen atoms in total. The Morgan fingerprint density at radius 2 is 2.07 bits per heavy atom. The minimum absolute atomic E-state index is 0.00199. The number of aryl methyl sites for hydroxylation is 1. The molecule has 2 amide bonds. The summed E-state index contributed by atoms with van der Waals surface area (Å²) in [6.45, 7) is 1.95. The number of benzene rings is 2. The first-order valence-electron chi connectivity index (χ1n) is 8.60. The Morgan fingerprint density at radius 3 is 2.79 bits per heavy atom. The first-order chi connectivity index (χ1) is 13.9. The van der Waals surface area contributed by atoms with Crippen molar-refractivity contribution in [3.63, 3.8) is 0 Å². The summed E-state index contributed by atoms with van der Waals surface area (Å²) < 4.78 is 0. The highest BCUT2D eigenvalue weighted by molar-refractivity contribution is 8.15. The number of nitro benzene ring substituents is 1. The highest BCUT2D eigenvalue weighted by Gasteiger charge is 2.32. The number of non-ortho nitro benzene ring substituents is 1. The number of thioether (sulfide) groups is 1. The molecule has 1 heterocycles. The van der Waals surface area contributed by atoms with Crippen LogP contribution >= 0.6 is 11.8 Å². The number of nitrogens with one attached hydrogen (secondary N) is 2. The number of nitro groups is 1. The zero-order chi connectivity index (χ0) is 20.8. The van der Waals surface area contributed by atoms with Crippen LogP contribution in [0.4, 0.5) is 11.4 Å². The summed E-state index contributed by atoms with van der Waals surface area (Å²) in [7, 11) is 0. The Labute approximate surface area is 170 Å². The second-order valence-electron chi connectivity index (χ2n) is 6.22. The predicted octanol–water partition coefficient (Wildman–Crippen LogP) is 2.85. The van der Waals surface area contributed by atoms with E-state index in [4.69, 9.17) is 0 Å². The molecule has 2 aromatic rings. The van der Waals surface area contributed by atoms with Crippen molar-refractivity contribution in [3.05, 3.63) is 69.8 Å². The van der Waals surface area contributed by atoms with Crippen LogP contribution in [0.1, 0.15) is 17.5 Å². The molecule has 0 aromatic heterocycles. The lowest BCUT2D eigenvalue weighted by molar-refractivity contribution is -0.384. The maximum absolute atomic E-state index is 12.2. The van der Waals surface area contributed by atoms with Crippen LogP contribution in [0.3, 0.4) is 0 Å². The van der Waals surface area contributed by atoms with Gasteiger partial charge >= 0.3 is 0 Å². The van der Waals surface area contributed by atoms with Crippen LogP contribution < -0.4 is 10.6 Å². The fourth-order valence-electron chi connectivity index (χ4n) is 2.47.